The number of carbonyl (C=O) groups excluding carboxylic acids is 2. The minimum absolute atomic E-state index is 0.110. The molecule has 0 unspecified atom stereocenters. The number of carbonyl (C=O) groups is 2. The highest BCUT2D eigenvalue weighted by atomic mass is 16.5. The lowest BCUT2D eigenvalue weighted by molar-refractivity contribution is -0.120. The Morgan fingerprint density at radius 1 is 0.966 bits per heavy atom. The standard InChI is InChI=1S/C23H31N3O3/c1-5-19-9-11-20(12-10-19)24-22(27)15-26(13-14-29-4)16-23(28)25-21-8-6-7-17(2)18(21)3/h6-12H,5,13-16H2,1-4H3,(H,24,27)(H,25,28). The molecule has 0 saturated heterocycles. The van der Waals surface area contributed by atoms with Crippen LogP contribution in [0.2, 0.25) is 0 Å². The molecule has 156 valence electrons. The lowest BCUT2D eigenvalue weighted by Crippen LogP contribution is -2.40. The Hall–Kier alpha value is -2.70. The van der Waals surface area contributed by atoms with Gasteiger partial charge in [-0.25, -0.2) is 0 Å². The van der Waals surface area contributed by atoms with Crippen LogP contribution in [-0.4, -0.2) is 50.1 Å². The Labute approximate surface area is 173 Å². The number of benzene rings is 2. The van der Waals surface area contributed by atoms with Gasteiger partial charge in [0.2, 0.25) is 11.8 Å². The minimum atomic E-state index is -0.162. The number of hydrogen-bond donors (Lipinski definition) is 2. The Morgan fingerprint density at radius 3 is 2.24 bits per heavy atom. The Balaban J connectivity index is 1.95. The molecule has 0 saturated carbocycles. The molecule has 2 aromatic rings. The number of ether oxygens (including phenoxy) is 1. The summed E-state index contributed by atoms with van der Waals surface area (Å²) in [4.78, 5) is 26.8. The molecule has 6 heteroatoms. The van der Waals surface area contributed by atoms with E-state index in [1.165, 1.54) is 5.56 Å². The van der Waals surface area contributed by atoms with Crippen molar-refractivity contribution in [2.75, 3.05) is 44.0 Å². The lowest BCUT2D eigenvalue weighted by Gasteiger charge is -2.21. The zero-order chi connectivity index (χ0) is 21.2. The third kappa shape index (κ3) is 7.33. The highest BCUT2D eigenvalue weighted by molar-refractivity contribution is 5.95. The van der Waals surface area contributed by atoms with E-state index >= 15 is 0 Å². The first-order chi connectivity index (χ1) is 13.9. The number of nitrogens with one attached hydrogen (secondary N) is 2. The largest absolute Gasteiger partial charge is 0.383 e. The van der Waals surface area contributed by atoms with Crippen molar-refractivity contribution in [2.24, 2.45) is 0 Å². The summed E-state index contributed by atoms with van der Waals surface area (Å²) in [5, 5.41) is 5.83. The molecule has 2 rings (SSSR count). The molecule has 0 fully saturated rings. The fourth-order valence-electron chi connectivity index (χ4n) is 2.94. The van der Waals surface area contributed by atoms with Crippen molar-refractivity contribution in [2.45, 2.75) is 27.2 Å². The Morgan fingerprint density at radius 2 is 1.62 bits per heavy atom. The molecule has 0 bridgehead atoms. The van der Waals surface area contributed by atoms with Gasteiger partial charge in [-0.3, -0.25) is 14.5 Å². The second-order valence-electron chi connectivity index (χ2n) is 7.10. The van der Waals surface area contributed by atoms with Crippen LogP contribution in [0.1, 0.15) is 23.6 Å². The van der Waals surface area contributed by atoms with Gasteiger partial charge in [0, 0.05) is 25.0 Å². The molecule has 0 aliphatic heterocycles. The summed E-state index contributed by atoms with van der Waals surface area (Å²) in [6.07, 6.45) is 0.953. The number of amides is 2. The molecule has 0 aliphatic rings. The smallest absolute Gasteiger partial charge is 0.238 e. The van der Waals surface area contributed by atoms with Crippen molar-refractivity contribution in [3.63, 3.8) is 0 Å². The molecular weight excluding hydrogens is 366 g/mol. The molecular formula is C23H31N3O3. The van der Waals surface area contributed by atoms with Crippen LogP contribution < -0.4 is 10.6 Å². The summed E-state index contributed by atoms with van der Waals surface area (Å²) in [5.74, 6) is -0.320. The summed E-state index contributed by atoms with van der Waals surface area (Å²) in [5.41, 5.74) is 4.92. The zero-order valence-electron chi connectivity index (χ0n) is 17.7. The van der Waals surface area contributed by atoms with E-state index in [-0.39, 0.29) is 24.9 Å². The van der Waals surface area contributed by atoms with E-state index in [0.29, 0.717) is 13.2 Å². The Bertz CT molecular complexity index is 819. The molecule has 0 aromatic heterocycles. The van der Waals surface area contributed by atoms with Crippen LogP contribution in [0.5, 0.6) is 0 Å². The van der Waals surface area contributed by atoms with Crippen LogP contribution in [0.15, 0.2) is 42.5 Å². The number of hydrogen-bond acceptors (Lipinski definition) is 4. The number of aryl methyl sites for hydroxylation is 2. The van der Waals surface area contributed by atoms with Gasteiger partial charge in [-0.2, -0.15) is 0 Å². The molecule has 29 heavy (non-hydrogen) atoms. The summed E-state index contributed by atoms with van der Waals surface area (Å²) in [6.45, 7) is 7.22. The summed E-state index contributed by atoms with van der Waals surface area (Å²) in [7, 11) is 1.60. The number of anilines is 2. The van der Waals surface area contributed by atoms with Gasteiger partial charge >= 0.3 is 0 Å². The average Bonchev–Trinajstić information content (AvgIpc) is 2.70. The van der Waals surface area contributed by atoms with E-state index in [1.54, 1.807) is 12.0 Å². The molecule has 0 atom stereocenters. The first-order valence-electron chi connectivity index (χ1n) is 9.89. The molecule has 2 aromatic carbocycles. The van der Waals surface area contributed by atoms with Gasteiger partial charge in [0.1, 0.15) is 0 Å². The summed E-state index contributed by atoms with van der Waals surface area (Å²) in [6, 6.07) is 13.6. The van der Waals surface area contributed by atoms with Crippen LogP contribution in [0.3, 0.4) is 0 Å². The fourth-order valence-corrected chi connectivity index (χ4v) is 2.94. The SMILES string of the molecule is CCc1ccc(NC(=O)CN(CCOC)CC(=O)Nc2cccc(C)c2C)cc1. The quantitative estimate of drug-likeness (QED) is 0.645. The maximum Gasteiger partial charge on any atom is 0.238 e. The third-order valence-corrected chi connectivity index (χ3v) is 4.87. The molecule has 6 nitrogen and oxygen atoms in total. The fraction of sp³-hybridized carbons (Fsp3) is 0.391. The normalized spacial score (nSPS) is 10.8. The van der Waals surface area contributed by atoms with E-state index in [9.17, 15) is 9.59 Å². The topological polar surface area (TPSA) is 70.7 Å². The van der Waals surface area contributed by atoms with Crippen LogP contribution in [0.25, 0.3) is 0 Å². The van der Waals surface area contributed by atoms with Crippen LogP contribution >= 0.6 is 0 Å². The van der Waals surface area contributed by atoms with Crippen molar-refractivity contribution >= 4 is 23.2 Å². The first-order valence-corrected chi connectivity index (χ1v) is 9.89. The maximum atomic E-state index is 12.5. The predicted molar refractivity (Wildman–Crippen MR) is 117 cm³/mol. The van der Waals surface area contributed by atoms with Gasteiger partial charge in [-0.05, 0) is 55.2 Å². The van der Waals surface area contributed by atoms with Crippen LogP contribution in [0, 0.1) is 13.8 Å². The van der Waals surface area contributed by atoms with E-state index < -0.39 is 0 Å². The molecule has 0 radical (unpaired) electrons. The van der Waals surface area contributed by atoms with Gasteiger partial charge in [0.15, 0.2) is 0 Å². The predicted octanol–water partition coefficient (Wildman–Crippen LogP) is 3.39. The lowest BCUT2D eigenvalue weighted by atomic mass is 10.1. The van der Waals surface area contributed by atoms with Crippen LogP contribution in [-0.2, 0) is 20.7 Å². The molecule has 0 spiro atoms. The van der Waals surface area contributed by atoms with Crippen molar-refractivity contribution in [3.05, 3.63) is 59.2 Å². The zero-order valence-corrected chi connectivity index (χ0v) is 17.7. The van der Waals surface area contributed by atoms with E-state index in [4.69, 9.17) is 4.74 Å². The van der Waals surface area contributed by atoms with Crippen molar-refractivity contribution < 1.29 is 14.3 Å². The van der Waals surface area contributed by atoms with E-state index in [2.05, 4.69) is 17.6 Å². The summed E-state index contributed by atoms with van der Waals surface area (Å²) < 4.78 is 5.13. The van der Waals surface area contributed by atoms with Gasteiger partial charge < -0.3 is 15.4 Å². The molecule has 0 aliphatic carbocycles. The second kappa shape index (κ2) is 11.3. The monoisotopic (exact) mass is 397 g/mol. The molecule has 2 N–H and O–H groups in total. The minimum Gasteiger partial charge on any atom is -0.383 e. The van der Waals surface area contributed by atoms with E-state index in [1.807, 2.05) is 56.3 Å². The second-order valence-corrected chi connectivity index (χ2v) is 7.10. The van der Waals surface area contributed by atoms with Gasteiger partial charge in [-0.15, -0.1) is 0 Å². The van der Waals surface area contributed by atoms with Crippen molar-refractivity contribution in [1.82, 2.24) is 4.90 Å². The van der Waals surface area contributed by atoms with Crippen molar-refractivity contribution in [1.29, 1.82) is 0 Å². The number of methoxy groups -OCH3 is 1. The average molecular weight is 398 g/mol. The highest BCUT2D eigenvalue weighted by Crippen LogP contribution is 2.17. The van der Waals surface area contributed by atoms with Gasteiger partial charge in [-0.1, -0.05) is 31.2 Å². The van der Waals surface area contributed by atoms with Gasteiger partial charge in [0.25, 0.3) is 0 Å². The van der Waals surface area contributed by atoms with Crippen LogP contribution in [0.4, 0.5) is 11.4 Å². The highest BCUT2D eigenvalue weighted by Gasteiger charge is 2.16. The van der Waals surface area contributed by atoms with E-state index in [0.717, 1.165) is 28.9 Å². The first kappa shape index (κ1) is 22.6. The summed E-state index contributed by atoms with van der Waals surface area (Å²) >= 11 is 0. The number of rotatable bonds is 10. The van der Waals surface area contributed by atoms with Gasteiger partial charge in [0.05, 0.1) is 19.7 Å². The van der Waals surface area contributed by atoms with Crippen molar-refractivity contribution in [3.8, 4) is 0 Å². The third-order valence-electron chi connectivity index (χ3n) is 4.87. The maximum absolute atomic E-state index is 12.5. The molecule has 2 amide bonds. The Kier molecular flexibility index (Phi) is 8.83. The molecule has 0 heterocycles. The number of nitrogens with zero attached hydrogens (tertiary/aromatic N) is 1.